The highest BCUT2D eigenvalue weighted by molar-refractivity contribution is 14.2. The molecule has 8 heavy (non-hydrogen) atoms. The third-order valence-corrected chi connectivity index (χ3v) is 3.08. The lowest BCUT2D eigenvalue weighted by molar-refractivity contribution is 1.52. The summed E-state index contributed by atoms with van der Waals surface area (Å²) in [6.45, 7) is 0. The largest absolute Gasteiger partial charge is 0.228 e. The van der Waals surface area contributed by atoms with Gasteiger partial charge in [0.25, 0.3) is 0 Å². The van der Waals surface area contributed by atoms with Crippen LogP contribution in [0.4, 0.5) is 0 Å². The van der Waals surface area contributed by atoms with Gasteiger partial charge in [-0.25, -0.2) is 4.99 Å². The summed E-state index contributed by atoms with van der Waals surface area (Å²) < 4.78 is 5.64. The van der Waals surface area contributed by atoms with Crippen molar-refractivity contribution in [3.63, 3.8) is 0 Å². The molecule has 0 aromatic rings. The Bertz CT molecular complexity index is 181. The van der Waals surface area contributed by atoms with Crippen LogP contribution in [-0.2, 0) is 0 Å². The predicted molar refractivity (Wildman–Crippen MR) is 43.7 cm³/mol. The maximum absolute atomic E-state index is 5.47. The maximum atomic E-state index is 5.47. The van der Waals surface area contributed by atoms with Crippen LogP contribution in [0.1, 0.15) is 0 Å². The molecule has 0 aliphatic carbocycles. The Balaban J connectivity index is 2.89. The fraction of sp³-hybridized carbons (Fsp3) is 0. The first-order valence-corrected chi connectivity index (χ1v) is 4.69. The zero-order valence-corrected chi connectivity index (χ0v) is 7.28. The molecule has 2 nitrogen and oxygen atoms in total. The number of hydrogen-bond acceptors (Lipinski definition) is 2. The van der Waals surface area contributed by atoms with E-state index in [1.54, 1.807) is 4.08 Å². The van der Waals surface area contributed by atoms with E-state index in [9.17, 15) is 0 Å². The van der Waals surface area contributed by atoms with Crippen molar-refractivity contribution in [2.24, 2.45) is 8.14 Å². The normalized spacial score (nSPS) is 18.8. The zero-order valence-electron chi connectivity index (χ0n) is 3.61. The molecule has 0 N–H and O–H groups in total. The lowest BCUT2D eigenvalue weighted by Gasteiger charge is -1.90. The van der Waals surface area contributed by atoms with Gasteiger partial charge in [0.15, 0.2) is 0 Å². The first kappa shape index (κ1) is 6.64. The summed E-state index contributed by atoms with van der Waals surface area (Å²) in [5.41, 5.74) is 0. The van der Waals surface area contributed by atoms with Gasteiger partial charge in [-0.05, 0) is 11.6 Å². The van der Waals surface area contributed by atoms with Gasteiger partial charge >= 0.3 is 0 Å². The third kappa shape index (κ3) is 1.80. The van der Waals surface area contributed by atoms with Crippen LogP contribution in [0.5, 0.6) is 0 Å². The number of nitrogens with zero attached hydrogens (tertiary/aromatic N) is 2. The first-order chi connectivity index (χ1) is 3.79. The molecule has 1 aliphatic rings. The van der Waals surface area contributed by atoms with E-state index in [4.69, 9.17) is 23.2 Å². The average Bonchev–Trinajstić information content (AvgIpc) is 1.64. The van der Waals surface area contributed by atoms with Crippen molar-refractivity contribution in [3.8, 4) is 0 Å². The second kappa shape index (κ2) is 2.89. The molecule has 0 spiro atoms. The molecule has 0 fully saturated rings. The van der Waals surface area contributed by atoms with E-state index < -0.39 is 0 Å². The van der Waals surface area contributed by atoms with Gasteiger partial charge in [0.05, 0.1) is 0 Å². The summed E-state index contributed by atoms with van der Waals surface area (Å²) >= 11 is 10.6. The highest BCUT2D eigenvalue weighted by Gasteiger charge is 1.95. The Morgan fingerprint density at radius 3 is 2.62 bits per heavy atom. The highest BCUT2D eigenvalue weighted by Crippen LogP contribution is 2.19. The van der Waals surface area contributed by atoms with Crippen molar-refractivity contribution in [1.82, 2.24) is 0 Å². The lowest BCUT2D eigenvalue weighted by atomic mass is 11.0. The Morgan fingerprint density at radius 2 is 2.25 bits per heavy atom. The lowest BCUT2D eigenvalue weighted by Crippen LogP contribution is -1.78. The Labute approximate surface area is 66.7 Å². The molecule has 1 aliphatic heterocycles. The highest BCUT2D eigenvalue weighted by atomic mass is 127. The van der Waals surface area contributed by atoms with E-state index in [0.717, 1.165) is 0 Å². The van der Waals surface area contributed by atoms with E-state index in [1.807, 2.05) is 0 Å². The Hall–Kier alpha value is 0.520. The van der Waals surface area contributed by atoms with Gasteiger partial charge in [-0.2, -0.15) is 3.15 Å². The second-order valence-corrected chi connectivity index (χ2v) is 3.38. The fourth-order valence-corrected chi connectivity index (χ4v) is 1.79. The summed E-state index contributed by atoms with van der Waals surface area (Å²) in [6.07, 6.45) is 0. The molecule has 1 heterocycles. The minimum Gasteiger partial charge on any atom is -0.205 e. The Morgan fingerprint density at radius 1 is 1.50 bits per heavy atom. The molecule has 0 bridgehead atoms. The molecule has 0 unspecified atom stereocenters. The molecule has 5 heteroatoms. The van der Waals surface area contributed by atoms with Crippen LogP contribution in [-0.4, -0.2) is 5.29 Å². The minimum absolute atomic E-state index is 0.283. The number of rotatable bonds is 0. The van der Waals surface area contributed by atoms with E-state index >= 15 is 0 Å². The van der Waals surface area contributed by atoms with Gasteiger partial charge in [0.1, 0.15) is 5.16 Å². The molecule has 0 aromatic carbocycles. The van der Waals surface area contributed by atoms with Crippen LogP contribution < -0.4 is 0 Å². The number of amidine groups is 1. The average molecular weight is 263 g/mol. The monoisotopic (exact) mass is 262 g/mol. The molecule has 0 aromatic heterocycles. The molecule has 0 saturated carbocycles. The molecule has 1 rings (SSSR count). The van der Waals surface area contributed by atoms with Gasteiger partial charge in [-0.1, -0.05) is 11.6 Å². The smallest absolute Gasteiger partial charge is 0.205 e. The van der Waals surface area contributed by atoms with E-state index in [-0.39, 0.29) is 26.3 Å². The quantitative estimate of drug-likeness (QED) is 0.474. The summed E-state index contributed by atoms with van der Waals surface area (Å²) in [4.78, 5) is 3.65. The Kier molecular flexibility index (Phi) is 2.40. The third-order valence-electron chi connectivity index (χ3n) is 0.456. The van der Waals surface area contributed by atoms with Crippen molar-refractivity contribution in [1.29, 1.82) is 0 Å². The van der Waals surface area contributed by atoms with Gasteiger partial charge in [-0.15, -0.1) is 0 Å². The van der Waals surface area contributed by atoms with Crippen molar-refractivity contribution in [2.45, 2.75) is 0 Å². The van der Waals surface area contributed by atoms with E-state index in [0.29, 0.717) is 5.16 Å². The number of aliphatic imine (C=N–C) groups is 1. The van der Waals surface area contributed by atoms with Crippen molar-refractivity contribution >= 4 is 49.5 Å². The standard InChI is InChI=1S/C3HCl2IN2/c4-2-1-6-8-3(5)7-2/h1H. The van der Waals surface area contributed by atoms with Crippen LogP contribution in [0.25, 0.3) is 0 Å². The van der Waals surface area contributed by atoms with Gasteiger partial charge in [-0.3, -0.25) is 0 Å². The van der Waals surface area contributed by atoms with Crippen LogP contribution in [0, 0.1) is 0 Å². The van der Waals surface area contributed by atoms with Crippen molar-refractivity contribution < 1.29 is 0 Å². The molecule has 0 atom stereocenters. The first-order valence-electron chi connectivity index (χ1n) is 1.72. The van der Waals surface area contributed by atoms with Crippen molar-refractivity contribution in [2.75, 3.05) is 0 Å². The van der Waals surface area contributed by atoms with E-state index in [2.05, 4.69) is 8.14 Å². The van der Waals surface area contributed by atoms with Gasteiger partial charge in [0.2, 0.25) is 5.29 Å². The summed E-state index contributed by atoms with van der Waals surface area (Å²) in [7, 11) is 0. The fourth-order valence-electron chi connectivity index (χ4n) is 0.236. The van der Waals surface area contributed by atoms with Crippen LogP contribution in [0.2, 0.25) is 0 Å². The van der Waals surface area contributed by atoms with Gasteiger partial charge in [0, 0.05) is 25.1 Å². The van der Waals surface area contributed by atoms with E-state index in [1.165, 1.54) is 0 Å². The number of halogens is 3. The molecular weight excluding hydrogens is 262 g/mol. The number of hydrogen-bond donors (Lipinski definition) is 0. The summed E-state index contributed by atoms with van der Waals surface area (Å²) in [5, 5.41) is 0.753. The van der Waals surface area contributed by atoms with Crippen LogP contribution >= 0.6 is 44.2 Å². The molecule has 0 saturated heterocycles. The van der Waals surface area contributed by atoms with Crippen molar-refractivity contribution in [3.05, 3.63) is 9.24 Å². The minimum atomic E-state index is -0.297. The second-order valence-electron chi connectivity index (χ2n) is 0.995. The topological polar surface area (TPSA) is 24.7 Å². The molecular formula is C3HCl2IN2. The molecule has 0 radical (unpaired) electrons. The predicted octanol–water partition coefficient (Wildman–Crippen LogP) is 2.79. The molecule has 0 amide bonds. The summed E-state index contributed by atoms with van der Waals surface area (Å²) in [5.74, 6) is 0. The van der Waals surface area contributed by atoms with Gasteiger partial charge < -0.3 is 0 Å². The zero-order chi connectivity index (χ0) is 5.98. The maximum Gasteiger partial charge on any atom is 0.228 e. The van der Waals surface area contributed by atoms with Crippen LogP contribution in [0.3, 0.4) is 0 Å². The SMILES string of the molecule is ClC1=CI=NC(Cl)=N1. The summed E-state index contributed by atoms with van der Waals surface area (Å²) in [6, 6.07) is 0. The van der Waals surface area contributed by atoms with Crippen LogP contribution in [0.15, 0.2) is 17.4 Å². The molecule has 44 valence electrons.